The van der Waals surface area contributed by atoms with Crippen LogP contribution in [0.1, 0.15) is 24.9 Å². The Hall–Kier alpha value is -1.62. The van der Waals surface area contributed by atoms with Gasteiger partial charge in [0.15, 0.2) is 0 Å². The lowest BCUT2D eigenvalue weighted by Gasteiger charge is -2.23. The maximum Gasteiger partial charge on any atom is 0.320 e. The minimum atomic E-state index is 0.0813. The summed E-state index contributed by atoms with van der Waals surface area (Å²) in [6.45, 7) is 3.38. The fourth-order valence-electron chi connectivity index (χ4n) is 2.40. The van der Waals surface area contributed by atoms with Crippen molar-refractivity contribution in [3.63, 3.8) is 0 Å². The van der Waals surface area contributed by atoms with Crippen molar-refractivity contribution >= 4 is 6.03 Å². The first-order valence-electron chi connectivity index (χ1n) is 6.28. The Kier molecular flexibility index (Phi) is 3.81. The highest BCUT2D eigenvalue weighted by Gasteiger charge is 2.37. The van der Waals surface area contributed by atoms with Crippen LogP contribution >= 0.6 is 0 Å². The highest BCUT2D eigenvalue weighted by atomic mass is 16.2. The molecule has 1 aliphatic rings. The van der Waals surface area contributed by atoms with Gasteiger partial charge in [-0.25, -0.2) is 4.79 Å². The summed E-state index contributed by atoms with van der Waals surface area (Å²) < 4.78 is 0. The average molecular weight is 248 g/mol. The summed E-state index contributed by atoms with van der Waals surface area (Å²) in [7, 11) is 1.85. The monoisotopic (exact) mass is 248 g/mol. The van der Waals surface area contributed by atoms with Crippen LogP contribution in [0.5, 0.6) is 0 Å². The van der Waals surface area contributed by atoms with Gasteiger partial charge < -0.3 is 15.5 Å². The van der Waals surface area contributed by atoms with Gasteiger partial charge in [-0.2, -0.15) is 0 Å². The van der Waals surface area contributed by atoms with Crippen LogP contribution in [0.15, 0.2) is 24.5 Å². The van der Waals surface area contributed by atoms with Gasteiger partial charge in [0.25, 0.3) is 0 Å². The minimum absolute atomic E-state index is 0.0813. The molecular weight excluding hydrogens is 228 g/mol. The Labute approximate surface area is 108 Å². The third-order valence-electron chi connectivity index (χ3n) is 3.59. The van der Waals surface area contributed by atoms with E-state index in [1.807, 2.05) is 31.0 Å². The lowest BCUT2D eigenvalue weighted by molar-refractivity contribution is 0.182. The van der Waals surface area contributed by atoms with Gasteiger partial charge in [0, 0.05) is 32.0 Å². The van der Waals surface area contributed by atoms with Crippen molar-refractivity contribution in [2.45, 2.75) is 25.4 Å². The lowest BCUT2D eigenvalue weighted by Crippen LogP contribution is -2.37. The van der Waals surface area contributed by atoms with Crippen molar-refractivity contribution in [2.75, 3.05) is 20.1 Å². The average Bonchev–Trinajstić information content (AvgIpc) is 2.68. The Balaban J connectivity index is 2.15. The Morgan fingerprint density at radius 1 is 1.50 bits per heavy atom. The standard InChI is InChI=1S/C13H20N4O/c1-10(3-6-14)17-9-12(16(2)13(17)18)11-4-7-15-8-5-11/h4-5,7-8,10,12H,3,6,9,14H2,1-2H3. The predicted molar refractivity (Wildman–Crippen MR) is 70.0 cm³/mol. The van der Waals surface area contributed by atoms with E-state index >= 15 is 0 Å². The van der Waals surface area contributed by atoms with Crippen molar-refractivity contribution in [3.05, 3.63) is 30.1 Å². The largest absolute Gasteiger partial charge is 0.330 e. The Bertz CT molecular complexity index is 409. The van der Waals surface area contributed by atoms with Crippen LogP contribution in [-0.2, 0) is 0 Å². The van der Waals surface area contributed by atoms with Gasteiger partial charge in [0.1, 0.15) is 0 Å². The van der Waals surface area contributed by atoms with Gasteiger partial charge in [-0.1, -0.05) is 0 Å². The second kappa shape index (κ2) is 5.35. The Morgan fingerprint density at radius 2 is 2.17 bits per heavy atom. The zero-order valence-electron chi connectivity index (χ0n) is 10.9. The molecule has 2 heterocycles. The van der Waals surface area contributed by atoms with Crippen molar-refractivity contribution in [1.82, 2.24) is 14.8 Å². The zero-order valence-corrected chi connectivity index (χ0v) is 10.9. The molecule has 2 unspecified atom stereocenters. The number of carbonyl (C=O) groups is 1. The smallest absolute Gasteiger partial charge is 0.320 e. The van der Waals surface area contributed by atoms with E-state index in [2.05, 4.69) is 4.98 Å². The number of hydrogen-bond donors (Lipinski definition) is 1. The second-order valence-electron chi connectivity index (χ2n) is 4.77. The molecular formula is C13H20N4O. The molecule has 5 nitrogen and oxygen atoms in total. The van der Waals surface area contributed by atoms with E-state index in [4.69, 9.17) is 5.73 Å². The van der Waals surface area contributed by atoms with Gasteiger partial charge in [0.05, 0.1) is 6.04 Å². The van der Waals surface area contributed by atoms with Gasteiger partial charge in [0.2, 0.25) is 0 Å². The molecule has 1 fully saturated rings. The third-order valence-corrected chi connectivity index (χ3v) is 3.59. The molecule has 0 aromatic carbocycles. The molecule has 1 aromatic heterocycles. The molecule has 2 amide bonds. The van der Waals surface area contributed by atoms with Crippen LogP contribution in [0.4, 0.5) is 4.79 Å². The first-order chi connectivity index (χ1) is 8.65. The van der Waals surface area contributed by atoms with Crippen molar-refractivity contribution in [2.24, 2.45) is 5.73 Å². The van der Waals surface area contributed by atoms with E-state index in [-0.39, 0.29) is 18.1 Å². The number of hydrogen-bond acceptors (Lipinski definition) is 3. The maximum absolute atomic E-state index is 12.2. The molecule has 1 aliphatic heterocycles. The van der Waals surface area contributed by atoms with E-state index in [0.717, 1.165) is 18.5 Å². The first kappa shape index (κ1) is 12.8. The van der Waals surface area contributed by atoms with Gasteiger partial charge in [-0.3, -0.25) is 4.98 Å². The summed E-state index contributed by atoms with van der Waals surface area (Å²) in [6.07, 6.45) is 4.36. The molecule has 5 heteroatoms. The molecule has 0 bridgehead atoms. The first-order valence-corrected chi connectivity index (χ1v) is 6.28. The molecule has 0 saturated carbocycles. The summed E-state index contributed by atoms with van der Waals surface area (Å²) in [6, 6.07) is 4.31. The predicted octanol–water partition coefficient (Wildman–Crippen LogP) is 1.23. The minimum Gasteiger partial charge on any atom is -0.330 e. The SMILES string of the molecule is CC(CCN)N1CC(c2ccncc2)N(C)C1=O. The molecule has 2 rings (SSSR count). The summed E-state index contributed by atoms with van der Waals surface area (Å²) in [4.78, 5) is 19.9. The molecule has 0 spiro atoms. The molecule has 1 saturated heterocycles. The van der Waals surface area contributed by atoms with E-state index in [1.165, 1.54) is 0 Å². The third kappa shape index (κ3) is 2.31. The number of nitrogens with two attached hydrogens (primary N) is 1. The Morgan fingerprint density at radius 3 is 2.78 bits per heavy atom. The highest BCUT2D eigenvalue weighted by Crippen LogP contribution is 2.29. The normalized spacial score (nSPS) is 21.5. The molecule has 18 heavy (non-hydrogen) atoms. The number of aromatic nitrogens is 1. The number of urea groups is 1. The van der Waals surface area contributed by atoms with Crippen molar-refractivity contribution in [3.8, 4) is 0 Å². The molecule has 0 aliphatic carbocycles. The maximum atomic E-state index is 12.2. The van der Waals surface area contributed by atoms with Crippen LogP contribution in [-0.4, -0.2) is 47.0 Å². The zero-order chi connectivity index (χ0) is 13.1. The van der Waals surface area contributed by atoms with E-state index in [0.29, 0.717) is 6.54 Å². The number of rotatable bonds is 4. The highest BCUT2D eigenvalue weighted by molar-refractivity contribution is 5.77. The molecule has 2 N–H and O–H groups in total. The van der Waals surface area contributed by atoms with E-state index < -0.39 is 0 Å². The second-order valence-corrected chi connectivity index (χ2v) is 4.77. The van der Waals surface area contributed by atoms with Crippen LogP contribution in [0.25, 0.3) is 0 Å². The van der Waals surface area contributed by atoms with Crippen LogP contribution in [0.2, 0.25) is 0 Å². The van der Waals surface area contributed by atoms with Gasteiger partial charge in [-0.05, 0) is 37.6 Å². The fraction of sp³-hybridized carbons (Fsp3) is 0.538. The topological polar surface area (TPSA) is 62.5 Å². The van der Waals surface area contributed by atoms with Gasteiger partial charge in [-0.15, -0.1) is 0 Å². The fourth-order valence-corrected chi connectivity index (χ4v) is 2.40. The number of likely N-dealkylation sites (N-methyl/N-ethyl adjacent to an activating group) is 1. The van der Waals surface area contributed by atoms with Crippen molar-refractivity contribution < 1.29 is 4.79 Å². The quantitative estimate of drug-likeness (QED) is 0.871. The van der Waals surface area contributed by atoms with Crippen LogP contribution in [0, 0.1) is 0 Å². The van der Waals surface area contributed by atoms with Crippen LogP contribution < -0.4 is 5.73 Å². The summed E-state index contributed by atoms with van der Waals surface area (Å²) in [5.74, 6) is 0. The molecule has 98 valence electrons. The molecule has 2 atom stereocenters. The van der Waals surface area contributed by atoms with Crippen LogP contribution in [0.3, 0.4) is 0 Å². The van der Waals surface area contributed by atoms with Crippen molar-refractivity contribution in [1.29, 1.82) is 0 Å². The van der Waals surface area contributed by atoms with Gasteiger partial charge >= 0.3 is 6.03 Å². The molecule has 1 aromatic rings. The number of amides is 2. The summed E-state index contributed by atoms with van der Waals surface area (Å²) in [5, 5.41) is 0. The van der Waals surface area contributed by atoms with E-state index in [1.54, 1.807) is 17.3 Å². The summed E-state index contributed by atoms with van der Waals surface area (Å²) >= 11 is 0. The van der Waals surface area contributed by atoms with E-state index in [9.17, 15) is 4.79 Å². The summed E-state index contributed by atoms with van der Waals surface area (Å²) in [5.41, 5.74) is 6.69. The molecule has 0 radical (unpaired) electrons. The number of nitrogens with zero attached hydrogens (tertiary/aromatic N) is 3. The lowest BCUT2D eigenvalue weighted by atomic mass is 10.1. The number of pyridine rings is 1. The number of carbonyl (C=O) groups excluding carboxylic acids is 1.